The van der Waals surface area contributed by atoms with E-state index >= 15 is 0 Å². The molecule has 0 saturated heterocycles. The predicted octanol–water partition coefficient (Wildman–Crippen LogP) is 3.09. The Morgan fingerprint density at radius 2 is 1.96 bits per heavy atom. The fourth-order valence-corrected chi connectivity index (χ4v) is 1.99. The number of rotatable bonds is 5. The van der Waals surface area contributed by atoms with E-state index in [2.05, 4.69) is 5.32 Å². The third-order valence-electron chi connectivity index (χ3n) is 3.16. The maximum absolute atomic E-state index is 13.6. The number of carbonyl (C=O) groups excluding carboxylic acids is 1. The van der Waals surface area contributed by atoms with E-state index < -0.39 is 23.6 Å². The average Bonchev–Trinajstić information content (AvgIpc) is 2.53. The van der Waals surface area contributed by atoms with Gasteiger partial charge in [0.2, 0.25) is 0 Å². The smallest absolute Gasteiger partial charge is 0.258 e. The summed E-state index contributed by atoms with van der Waals surface area (Å²) >= 11 is 0. The lowest BCUT2D eigenvalue weighted by Crippen LogP contribution is -2.31. The normalized spacial score (nSPS) is 11.4. The van der Waals surface area contributed by atoms with Crippen LogP contribution in [0, 0.1) is 23.0 Å². The van der Waals surface area contributed by atoms with Gasteiger partial charge in [0.15, 0.2) is 6.61 Å². The van der Waals surface area contributed by atoms with Crippen LogP contribution in [0.25, 0.3) is 0 Å². The van der Waals surface area contributed by atoms with Gasteiger partial charge in [-0.1, -0.05) is 6.07 Å². The summed E-state index contributed by atoms with van der Waals surface area (Å²) in [7, 11) is 0. The van der Waals surface area contributed by atoms with Crippen LogP contribution in [-0.2, 0) is 4.79 Å². The molecule has 2 aromatic carbocycles. The lowest BCUT2D eigenvalue weighted by Gasteiger charge is -2.15. The Bertz CT molecular complexity index is 739. The van der Waals surface area contributed by atoms with Crippen molar-refractivity contribution in [3.8, 4) is 11.8 Å². The number of benzene rings is 2. The summed E-state index contributed by atoms with van der Waals surface area (Å²) in [4.78, 5) is 11.8. The number of hydrogen-bond acceptors (Lipinski definition) is 3. The van der Waals surface area contributed by atoms with Crippen molar-refractivity contribution in [1.82, 2.24) is 5.32 Å². The maximum atomic E-state index is 13.6. The summed E-state index contributed by atoms with van der Waals surface area (Å²) in [6.45, 7) is 1.34. The zero-order chi connectivity index (χ0) is 16.8. The van der Waals surface area contributed by atoms with Gasteiger partial charge in [0, 0.05) is 11.6 Å². The first-order valence-electron chi connectivity index (χ1n) is 6.87. The minimum Gasteiger partial charge on any atom is -0.484 e. The van der Waals surface area contributed by atoms with Crippen molar-refractivity contribution >= 4 is 5.91 Å². The zero-order valence-corrected chi connectivity index (χ0v) is 12.3. The minimum atomic E-state index is -0.717. The van der Waals surface area contributed by atoms with Crippen LogP contribution in [-0.4, -0.2) is 12.5 Å². The van der Waals surface area contributed by atoms with E-state index in [0.29, 0.717) is 11.3 Å². The van der Waals surface area contributed by atoms with Gasteiger partial charge in [-0.25, -0.2) is 8.78 Å². The molecular formula is C17H14F2N2O2. The number of halogens is 2. The molecule has 0 fully saturated rings. The van der Waals surface area contributed by atoms with E-state index in [9.17, 15) is 13.6 Å². The Kier molecular flexibility index (Phi) is 5.26. The summed E-state index contributed by atoms with van der Waals surface area (Å²) in [5, 5.41) is 11.3. The molecule has 2 aromatic rings. The van der Waals surface area contributed by atoms with E-state index in [1.165, 1.54) is 6.07 Å². The number of nitrogens with one attached hydrogen (secondary N) is 1. The molecule has 0 aromatic heterocycles. The van der Waals surface area contributed by atoms with Gasteiger partial charge in [-0.3, -0.25) is 4.79 Å². The van der Waals surface area contributed by atoms with E-state index in [4.69, 9.17) is 10.00 Å². The fourth-order valence-electron chi connectivity index (χ4n) is 1.99. The summed E-state index contributed by atoms with van der Waals surface area (Å²) in [5.41, 5.74) is 0.681. The van der Waals surface area contributed by atoms with Gasteiger partial charge in [-0.05, 0) is 37.3 Å². The van der Waals surface area contributed by atoms with Crippen molar-refractivity contribution in [3.63, 3.8) is 0 Å². The van der Waals surface area contributed by atoms with E-state index in [1.807, 2.05) is 6.07 Å². The van der Waals surface area contributed by atoms with Gasteiger partial charge < -0.3 is 10.1 Å². The molecule has 0 aliphatic heterocycles. The number of ether oxygens (including phenoxy) is 1. The molecule has 6 heteroatoms. The highest BCUT2D eigenvalue weighted by molar-refractivity contribution is 5.78. The van der Waals surface area contributed by atoms with Gasteiger partial charge in [-0.15, -0.1) is 0 Å². The highest BCUT2D eigenvalue weighted by Crippen LogP contribution is 2.17. The number of nitriles is 1. The third-order valence-corrected chi connectivity index (χ3v) is 3.16. The van der Waals surface area contributed by atoms with Gasteiger partial charge in [-0.2, -0.15) is 5.26 Å². The van der Waals surface area contributed by atoms with Crippen LogP contribution in [0.5, 0.6) is 5.75 Å². The van der Waals surface area contributed by atoms with Crippen LogP contribution in [0.4, 0.5) is 8.78 Å². The Hall–Kier alpha value is -2.94. The van der Waals surface area contributed by atoms with Crippen molar-refractivity contribution in [2.45, 2.75) is 13.0 Å². The lowest BCUT2D eigenvalue weighted by molar-refractivity contribution is -0.123. The Labute approximate surface area is 132 Å². The number of hydrogen-bond donors (Lipinski definition) is 1. The molecular weight excluding hydrogens is 302 g/mol. The second-order valence-electron chi connectivity index (χ2n) is 4.88. The lowest BCUT2D eigenvalue weighted by atomic mass is 10.1. The Balaban J connectivity index is 1.89. The van der Waals surface area contributed by atoms with E-state index in [0.717, 1.165) is 12.1 Å². The summed E-state index contributed by atoms with van der Waals surface area (Å²) in [6.07, 6.45) is 0. The zero-order valence-electron chi connectivity index (χ0n) is 12.3. The van der Waals surface area contributed by atoms with Crippen LogP contribution in [0.3, 0.4) is 0 Å². The molecule has 0 radical (unpaired) electrons. The molecule has 1 N–H and O–H groups in total. The highest BCUT2D eigenvalue weighted by Gasteiger charge is 2.14. The summed E-state index contributed by atoms with van der Waals surface area (Å²) < 4.78 is 31.8. The number of carbonyl (C=O) groups is 1. The van der Waals surface area contributed by atoms with Crippen LogP contribution in [0.2, 0.25) is 0 Å². The van der Waals surface area contributed by atoms with E-state index in [-0.39, 0.29) is 12.2 Å². The highest BCUT2D eigenvalue weighted by atomic mass is 19.1. The molecule has 0 heterocycles. The SMILES string of the molecule is C[C@H](NC(=O)COc1ccc(C#N)cc1)c1ccc(F)cc1F. The first-order valence-corrected chi connectivity index (χ1v) is 6.87. The minimum absolute atomic E-state index is 0.193. The first kappa shape index (κ1) is 16.4. The molecule has 0 aliphatic rings. The van der Waals surface area contributed by atoms with Crippen molar-refractivity contribution in [2.75, 3.05) is 6.61 Å². The Morgan fingerprint density at radius 1 is 1.26 bits per heavy atom. The fraction of sp³-hybridized carbons (Fsp3) is 0.176. The Morgan fingerprint density at radius 3 is 2.57 bits per heavy atom. The third kappa shape index (κ3) is 4.51. The topological polar surface area (TPSA) is 62.1 Å². The molecule has 2 rings (SSSR count). The summed E-state index contributed by atoms with van der Waals surface area (Å²) in [6, 6.07) is 10.9. The second kappa shape index (κ2) is 7.36. The van der Waals surface area contributed by atoms with Crippen LogP contribution in [0.15, 0.2) is 42.5 Å². The second-order valence-corrected chi connectivity index (χ2v) is 4.88. The molecule has 118 valence electrons. The largest absolute Gasteiger partial charge is 0.484 e. The molecule has 1 amide bonds. The average molecular weight is 316 g/mol. The molecule has 4 nitrogen and oxygen atoms in total. The maximum Gasteiger partial charge on any atom is 0.258 e. The van der Waals surface area contributed by atoms with Crippen molar-refractivity contribution in [2.24, 2.45) is 0 Å². The molecule has 0 spiro atoms. The molecule has 0 saturated carbocycles. The first-order chi connectivity index (χ1) is 11.0. The monoisotopic (exact) mass is 316 g/mol. The summed E-state index contributed by atoms with van der Waals surface area (Å²) in [5.74, 6) is -1.38. The van der Waals surface area contributed by atoms with Crippen molar-refractivity contribution < 1.29 is 18.3 Å². The standard InChI is InChI=1S/C17H14F2N2O2/c1-11(15-7-4-13(18)8-16(15)19)21-17(22)10-23-14-5-2-12(9-20)3-6-14/h2-8,11H,10H2,1H3,(H,21,22)/t11-/m0/s1. The van der Waals surface area contributed by atoms with Gasteiger partial charge in [0.1, 0.15) is 17.4 Å². The van der Waals surface area contributed by atoms with Crippen LogP contribution < -0.4 is 10.1 Å². The van der Waals surface area contributed by atoms with Crippen LogP contribution in [0.1, 0.15) is 24.1 Å². The van der Waals surface area contributed by atoms with E-state index in [1.54, 1.807) is 31.2 Å². The molecule has 0 aliphatic carbocycles. The molecule has 23 heavy (non-hydrogen) atoms. The molecule has 1 atom stereocenters. The van der Waals surface area contributed by atoms with Gasteiger partial charge in [0.05, 0.1) is 17.7 Å². The van der Waals surface area contributed by atoms with Gasteiger partial charge in [0.25, 0.3) is 5.91 Å². The van der Waals surface area contributed by atoms with Gasteiger partial charge >= 0.3 is 0 Å². The van der Waals surface area contributed by atoms with Crippen LogP contribution >= 0.6 is 0 Å². The molecule has 0 bridgehead atoms. The quantitative estimate of drug-likeness (QED) is 0.922. The number of nitrogens with zero attached hydrogens (tertiary/aromatic N) is 1. The van der Waals surface area contributed by atoms with Crippen molar-refractivity contribution in [3.05, 3.63) is 65.2 Å². The number of amides is 1. The molecule has 0 unspecified atom stereocenters. The predicted molar refractivity (Wildman–Crippen MR) is 79.6 cm³/mol. The van der Waals surface area contributed by atoms with Crippen molar-refractivity contribution in [1.29, 1.82) is 5.26 Å².